The summed E-state index contributed by atoms with van der Waals surface area (Å²) in [5, 5.41) is 1.03. The largest absolute Gasteiger partial charge is 0.486 e. The third kappa shape index (κ3) is 8.58. The van der Waals surface area contributed by atoms with Crippen LogP contribution in [-0.4, -0.2) is 67.0 Å². The molecule has 0 spiro atoms. The van der Waals surface area contributed by atoms with Crippen LogP contribution < -0.4 is 18.9 Å². The quantitative estimate of drug-likeness (QED) is 0.0929. The van der Waals surface area contributed by atoms with E-state index in [4.69, 9.17) is 42.1 Å². The lowest BCUT2D eigenvalue weighted by molar-refractivity contribution is -0.689. The van der Waals surface area contributed by atoms with E-state index in [9.17, 15) is 9.59 Å². The first-order valence-electron chi connectivity index (χ1n) is 17.8. The smallest absolute Gasteiger partial charge is 0.313 e. The maximum Gasteiger partial charge on any atom is 0.313 e. The number of piperazine rings is 1. The number of para-hydroxylation sites is 1. The van der Waals surface area contributed by atoms with E-state index >= 15 is 0 Å². The van der Waals surface area contributed by atoms with Crippen LogP contribution in [0.2, 0.25) is 10.0 Å². The van der Waals surface area contributed by atoms with Gasteiger partial charge in [0, 0.05) is 11.9 Å². The Kier molecular flexibility index (Phi) is 12.1. The van der Waals surface area contributed by atoms with Crippen molar-refractivity contribution in [2.24, 2.45) is 5.92 Å². The molecule has 1 amide bonds. The fraction of sp³-hybridized carbons (Fsp3) is 0.425. The molecule has 2 saturated heterocycles. The third-order valence-corrected chi connectivity index (χ3v) is 9.98. The number of benzene rings is 3. The zero-order chi connectivity index (χ0) is 36.9. The lowest BCUT2D eigenvalue weighted by Crippen LogP contribution is -2.54. The first-order chi connectivity index (χ1) is 25.0. The second-order valence-electron chi connectivity index (χ2n) is 13.7. The Balaban J connectivity index is 1.56. The molecule has 10 nitrogen and oxygen atoms in total. The second-order valence-corrected chi connectivity index (χ2v) is 14.5. The molecule has 0 N–H and O–H groups in total. The van der Waals surface area contributed by atoms with Gasteiger partial charge in [-0.15, -0.1) is 0 Å². The van der Waals surface area contributed by atoms with E-state index < -0.39 is 6.29 Å². The first-order valence-corrected chi connectivity index (χ1v) is 18.6. The van der Waals surface area contributed by atoms with Crippen molar-refractivity contribution in [1.82, 2.24) is 9.47 Å². The number of esters is 1. The summed E-state index contributed by atoms with van der Waals surface area (Å²) in [5.41, 5.74) is 4.44. The highest BCUT2D eigenvalue weighted by Gasteiger charge is 2.38. The number of imidazole rings is 1. The average Bonchev–Trinajstić information content (AvgIpc) is 3.41. The van der Waals surface area contributed by atoms with Crippen LogP contribution in [0, 0.1) is 19.8 Å². The number of anilines is 1. The fourth-order valence-corrected chi connectivity index (χ4v) is 7.33. The summed E-state index contributed by atoms with van der Waals surface area (Å²) in [4.78, 5) is 29.2. The van der Waals surface area contributed by atoms with Crippen molar-refractivity contribution in [3.63, 3.8) is 0 Å². The molecule has 6 rings (SSSR count). The van der Waals surface area contributed by atoms with Crippen LogP contribution in [0.5, 0.6) is 11.5 Å². The van der Waals surface area contributed by atoms with E-state index in [2.05, 4.69) is 26.2 Å². The van der Waals surface area contributed by atoms with Gasteiger partial charge in [-0.3, -0.25) is 14.5 Å². The van der Waals surface area contributed by atoms with Crippen LogP contribution in [0.15, 0.2) is 60.7 Å². The number of aromatic nitrogens is 2. The number of nitrogens with zero attached hydrogens (tertiary/aromatic N) is 4. The van der Waals surface area contributed by atoms with E-state index in [1.807, 2.05) is 75.1 Å². The summed E-state index contributed by atoms with van der Waals surface area (Å²) in [6.45, 7) is 13.9. The minimum atomic E-state index is -0.487. The van der Waals surface area contributed by atoms with Crippen molar-refractivity contribution in [2.75, 3.05) is 44.3 Å². The van der Waals surface area contributed by atoms with Gasteiger partial charge in [0.2, 0.25) is 11.7 Å². The van der Waals surface area contributed by atoms with Gasteiger partial charge >= 0.3 is 5.97 Å². The van der Waals surface area contributed by atoms with Crippen LogP contribution >= 0.6 is 23.2 Å². The zero-order valence-electron chi connectivity index (χ0n) is 30.5. The predicted octanol–water partition coefficient (Wildman–Crippen LogP) is 6.99. The number of aryl methyl sites for hydroxylation is 2. The summed E-state index contributed by atoms with van der Waals surface area (Å²) >= 11 is 13.5. The molecule has 0 unspecified atom stereocenters. The Bertz CT molecular complexity index is 1880. The summed E-state index contributed by atoms with van der Waals surface area (Å²) in [6.07, 6.45) is 0.342. The zero-order valence-corrected chi connectivity index (χ0v) is 32.0. The molecule has 0 radical (unpaired) electrons. The molecule has 0 bridgehead atoms. The van der Waals surface area contributed by atoms with Gasteiger partial charge in [0.25, 0.3) is 5.82 Å². The highest BCUT2D eigenvalue weighted by molar-refractivity contribution is 6.36. The molecule has 2 aliphatic heterocycles. The Morgan fingerprint density at radius 3 is 2.23 bits per heavy atom. The van der Waals surface area contributed by atoms with Crippen LogP contribution in [0.1, 0.15) is 49.6 Å². The number of carbonyl (C=O) groups excluding carboxylic acids is 2. The van der Waals surface area contributed by atoms with Gasteiger partial charge in [-0.05, 0) is 79.4 Å². The maximum atomic E-state index is 12.6. The molecule has 3 heterocycles. The number of hydrogen-bond acceptors (Lipinski definition) is 7. The summed E-state index contributed by atoms with van der Waals surface area (Å²) in [6, 6.07) is 19.4. The van der Waals surface area contributed by atoms with Crippen molar-refractivity contribution >= 4 is 40.9 Å². The third-order valence-electron chi connectivity index (χ3n) is 9.43. The number of ether oxygens (including phenoxy) is 4. The van der Waals surface area contributed by atoms with Gasteiger partial charge in [0.1, 0.15) is 24.7 Å². The van der Waals surface area contributed by atoms with Crippen molar-refractivity contribution in [1.29, 1.82) is 0 Å². The van der Waals surface area contributed by atoms with Crippen molar-refractivity contribution in [3.8, 4) is 22.9 Å². The number of hydrogen-bond donors (Lipinski definition) is 0. The molecule has 52 heavy (non-hydrogen) atoms. The van der Waals surface area contributed by atoms with Crippen LogP contribution in [0.3, 0.4) is 0 Å². The predicted molar refractivity (Wildman–Crippen MR) is 201 cm³/mol. The van der Waals surface area contributed by atoms with E-state index in [1.54, 1.807) is 13.0 Å². The second kappa shape index (κ2) is 16.7. The molecule has 2 aliphatic rings. The molecular weight excluding hydrogens is 703 g/mol. The van der Waals surface area contributed by atoms with E-state index in [1.165, 1.54) is 0 Å². The standard InChI is InChI=1S/C40H47Cl2N4O6/c1-26(2)40(48)52-37-27(3)20-30(21-28(37)4)23-45-35(25-51-32-10-7-6-8-11-32)39(44-16-14-43(15-17-44)29(5)47)46(24-36-49-18-9-19-50-36)38(45)33-13-12-31(41)22-34(33)42/h6-8,10-13,20-22,26,36H,9,14-19,23-25H2,1-5H3/q+1. The molecule has 0 atom stereocenters. The minimum Gasteiger partial charge on any atom is -0.486 e. The van der Waals surface area contributed by atoms with Gasteiger partial charge in [0.05, 0.1) is 62.4 Å². The lowest BCUT2D eigenvalue weighted by Gasteiger charge is -2.32. The van der Waals surface area contributed by atoms with Gasteiger partial charge < -0.3 is 23.8 Å². The Labute approximate surface area is 315 Å². The van der Waals surface area contributed by atoms with Crippen LogP contribution in [0.25, 0.3) is 11.4 Å². The Morgan fingerprint density at radius 1 is 0.942 bits per heavy atom. The highest BCUT2D eigenvalue weighted by atomic mass is 35.5. The van der Waals surface area contributed by atoms with E-state index in [0.29, 0.717) is 68.3 Å². The minimum absolute atomic E-state index is 0.0589. The Morgan fingerprint density at radius 2 is 1.62 bits per heavy atom. The van der Waals surface area contributed by atoms with Crippen molar-refractivity contribution < 1.29 is 33.1 Å². The fourth-order valence-electron chi connectivity index (χ4n) is 6.84. The average molecular weight is 751 g/mol. The van der Waals surface area contributed by atoms with Gasteiger partial charge in [-0.2, -0.15) is 0 Å². The summed E-state index contributed by atoms with van der Waals surface area (Å²) in [7, 11) is 0. The number of amides is 1. The first kappa shape index (κ1) is 37.7. The van der Waals surface area contributed by atoms with Crippen LogP contribution in [0.4, 0.5) is 5.82 Å². The molecule has 0 aliphatic carbocycles. The molecule has 1 aromatic heterocycles. The number of rotatable bonds is 11. The van der Waals surface area contributed by atoms with Gasteiger partial charge in [0.15, 0.2) is 12.0 Å². The lowest BCUT2D eigenvalue weighted by atomic mass is 10.0. The number of carbonyl (C=O) groups is 2. The topological polar surface area (TPSA) is 86.3 Å². The molecule has 12 heteroatoms. The number of halogens is 2. The highest BCUT2D eigenvalue weighted by Crippen LogP contribution is 2.36. The van der Waals surface area contributed by atoms with Crippen molar-refractivity contribution in [2.45, 2.75) is 67.0 Å². The summed E-state index contributed by atoms with van der Waals surface area (Å²) in [5.74, 6) is 2.63. The Hall–Kier alpha value is -4.09. The van der Waals surface area contributed by atoms with Crippen molar-refractivity contribution in [3.05, 3.63) is 93.1 Å². The molecule has 2 fully saturated rings. The molecular formula is C40H47Cl2N4O6+. The summed E-state index contributed by atoms with van der Waals surface area (Å²) < 4.78 is 29.2. The maximum absolute atomic E-state index is 12.6. The SMILES string of the molecule is CC(=O)N1CCN(c2c(COc3ccccc3)n(Cc3cc(C)c(OC(=O)C(C)C)c(C)c3)c(-c3ccc(Cl)cc3Cl)[n+]2CC2OCCCO2)CC1. The molecule has 0 saturated carbocycles. The molecule has 276 valence electrons. The normalized spacial score (nSPS) is 15.3. The van der Waals surface area contributed by atoms with Gasteiger partial charge in [-0.1, -0.05) is 55.2 Å². The van der Waals surface area contributed by atoms with E-state index in [-0.39, 0.29) is 24.4 Å². The van der Waals surface area contributed by atoms with E-state index in [0.717, 1.165) is 51.8 Å². The molecule has 3 aromatic carbocycles. The monoisotopic (exact) mass is 749 g/mol. The van der Waals surface area contributed by atoms with Gasteiger partial charge in [-0.25, -0.2) is 9.13 Å². The molecule has 4 aromatic rings. The van der Waals surface area contributed by atoms with Crippen LogP contribution in [-0.2, 0) is 38.8 Å².